The van der Waals surface area contributed by atoms with Gasteiger partial charge in [0.2, 0.25) is 5.91 Å². The number of benzene rings is 2. The Kier molecular flexibility index (Phi) is 6.21. The first kappa shape index (κ1) is 20.0. The lowest BCUT2D eigenvalue weighted by Gasteiger charge is -2.40. The van der Waals surface area contributed by atoms with Crippen molar-refractivity contribution in [2.24, 2.45) is 0 Å². The van der Waals surface area contributed by atoms with Crippen LogP contribution in [0, 0.1) is 0 Å². The molecule has 2 aliphatic heterocycles. The van der Waals surface area contributed by atoms with Gasteiger partial charge in [0.05, 0.1) is 25.4 Å². The van der Waals surface area contributed by atoms with Crippen LogP contribution in [0.3, 0.4) is 0 Å². The number of hydrogen-bond acceptors (Lipinski definition) is 5. The molecule has 5 nitrogen and oxygen atoms in total. The van der Waals surface area contributed by atoms with E-state index < -0.39 is 0 Å². The van der Waals surface area contributed by atoms with Gasteiger partial charge in [0.15, 0.2) is 0 Å². The van der Waals surface area contributed by atoms with E-state index >= 15 is 0 Å². The molecule has 0 saturated carbocycles. The van der Waals surface area contributed by atoms with Gasteiger partial charge in [-0.25, -0.2) is 0 Å². The number of piperidine rings is 1. The van der Waals surface area contributed by atoms with Crippen molar-refractivity contribution in [2.45, 2.75) is 36.2 Å². The predicted molar refractivity (Wildman–Crippen MR) is 115 cm³/mol. The monoisotopic (exact) mass is 410 g/mol. The van der Waals surface area contributed by atoms with Gasteiger partial charge in [-0.15, -0.1) is 11.8 Å². The largest absolute Gasteiger partial charge is 0.468 e. The standard InChI is InChI=1S/C23H26N2O3S/c1-28-23(27)19-12-7-8-14-24(19)15-22(26)25-18-11-5-6-13-21(18)29-16-20(25)17-9-3-2-4-10-17/h2-6,9-11,13,19-20H,7-8,12,14-16H2,1H3/t19-,20+/m0/s1. The average molecular weight is 411 g/mol. The molecule has 6 heteroatoms. The highest BCUT2D eigenvalue weighted by atomic mass is 32.2. The van der Waals surface area contributed by atoms with Crippen LogP contribution in [0.1, 0.15) is 30.9 Å². The summed E-state index contributed by atoms with van der Waals surface area (Å²) < 4.78 is 4.98. The Bertz CT molecular complexity index is 873. The summed E-state index contributed by atoms with van der Waals surface area (Å²) in [6, 6.07) is 17.9. The lowest BCUT2D eigenvalue weighted by molar-refractivity contribution is -0.148. The molecular weight excluding hydrogens is 384 g/mol. The van der Waals surface area contributed by atoms with Crippen LogP contribution in [0.2, 0.25) is 0 Å². The molecule has 1 fully saturated rings. The smallest absolute Gasteiger partial charge is 0.323 e. The van der Waals surface area contributed by atoms with Crippen molar-refractivity contribution in [3.8, 4) is 0 Å². The van der Waals surface area contributed by atoms with Crippen LogP contribution in [-0.2, 0) is 14.3 Å². The number of hydrogen-bond donors (Lipinski definition) is 0. The van der Waals surface area contributed by atoms with Crippen LogP contribution in [0.15, 0.2) is 59.5 Å². The van der Waals surface area contributed by atoms with E-state index in [1.807, 2.05) is 46.2 Å². The number of methoxy groups -OCH3 is 1. The Hall–Kier alpha value is -2.31. The van der Waals surface area contributed by atoms with E-state index in [0.29, 0.717) is 0 Å². The number of fused-ring (bicyclic) bond motifs is 1. The number of amides is 1. The van der Waals surface area contributed by atoms with Crippen molar-refractivity contribution in [1.29, 1.82) is 0 Å². The highest BCUT2D eigenvalue weighted by Gasteiger charge is 2.36. The highest BCUT2D eigenvalue weighted by Crippen LogP contribution is 2.43. The maximum Gasteiger partial charge on any atom is 0.323 e. The van der Waals surface area contributed by atoms with E-state index in [1.165, 1.54) is 7.11 Å². The fourth-order valence-corrected chi connectivity index (χ4v) is 5.42. The zero-order chi connectivity index (χ0) is 20.2. The zero-order valence-corrected chi connectivity index (χ0v) is 17.4. The minimum absolute atomic E-state index is 0.0232. The number of ether oxygens (including phenoxy) is 1. The summed E-state index contributed by atoms with van der Waals surface area (Å²) >= 11 is 1.79. The van der Waals surface area contributed by atoms with E-state index in [1.54, 1.807) is 11.8 Å². The number of rotatable bonds is 4. The van der Waals surface area contributed by atoms with Crippen LogP contribution >= 0.6 is 11.8 Å². The molecule has 1 saturated heterocycles. The van der Waals surface area contributed by atoms with Crippen LogP contribution in [0.5, 0.6) is 0 Å². The molecular formula is C23H26N2O3S. The number of thioether (sulfide) groups is 1. The van der Waals surface area contributed by atoms with Crippen molar-refractivity contribution in [3.63, 3.8) is 0 Å². The van der Waals surface area contributed by atoms with Crippen molar-refractivity contribution < 1.29 is 14.3 Å². The van der Waals surface area contributed by atoms with Gasteiger partial charge in [-0.1, -0.05) is 48.9 Å². The Balaban J connectivity index is 1.63. The molecule has 0 bridgehead atoms. The third-order valence-electron chi connectivity index (χ3n) is 5.71. The number of para-hydroxylation sites is 1. The van der Waals surface area contributed by atoms with Crippen LogP contribution < -0.4 is 4.90 Å². The number of carbonyl (C=O) groups is 2. The predicted octanol–water partition coefficient (Wildman–Crippen LogP) is 3.89. The first-order valence-electron chi connectivity index (χ1n) is 10.1. The van der Waals surface area contributed by atoms with Crippen molar-refractivity contribution in [1.82, 2.24) is 4.90 Å². The lowest BCUT2D eigenvalue weighted by Crippen LogP contribution is -2.51. The second-order valence-electron chi connectivity index (χ2n) is 7.47. The summed E-state index contributed by atoms with van der Waals surface area (Å²) in [7, 11) is 1.42. The molecule has 0 spiro atoms. The highest BCUT2D eigenvalue weighted by molar-refractivity contribution is 7.99. The topological polar surface area (TPSA) is 49.9 Å². The minimum Gasteiger partial charge on any atom is -0.468 e. The molecule has 2 aromatic carbocycles. The summed E-state index contributed by atoms with van der Waals surface area (Å²) in [6.07, 6.45) is 2.73. The normalized spacial score (nSPS) is 22.0. The number of esters is 1. The molecule has 2 heterocycles. The molecule has 1 amide bonds. The van der Waals surface area contributed by atoms with Gasteiger partial charge < -0.3 is 9.64 Å². The van der Waals surface area contributed by atoms with E-state index in [-0.39, 0.29) is 30.5 Å². The summed E-state index contributed by atoms with van der Waals surface area (Å²) in [5, 5.41) is 0. The van der Waals surface area contributed by atoms with E-state index in [2.05, 4.69) is 18.2 Å². The molecule has 0 radical (unpaired) electrons. The van der Waals surface area contributed by atoms with Gasteiger partial charge in [0, 0.05) is 10.6 Å². The first-order valence-corrected chi connectivity index (χ1v) is 11.1. The lowest BCUT2D eigenvalue weighted by atomic mass is 10.0. The molecule has 152 valence electrons. The van der Waals surface area contributed by atoms with Crippen molar-refractivity contribution >= 4 is 29.3 Å². The van der Waals surface area contributed by atoms with Gasteiger partial charge in [-0.3, -0.25) is 14.5 Å². The molecule has 4 rings (SSSR count). The van der Waals surface area contributed by atoms with Crippen LogP contribution in [0.4, 0.5) is 5.69 Å². The minimum atomic E-state index is -0.331. The van der Waals surface area contributed by atoms with E-state index in [4.69, 9.17) is 4.74 Å². The number of anilines is 1. The summed E-state index contributed by atoms with van der Waals surface area (Å²) in [5.74, 6) is 0.599. The van der Waals surface area contributed by atoms with Crippen molar-refractivity contribution in [2.75, 3.05) is 30.9 Å². The van der Waals surface area contributed by atoms with E-state index in [0.717, 1.165) is 47.7 Å². The molecule has 2 atom stereocenters. The molecule has 0 aliphatic carbocycles. The quantitative estimate of drug-likeness (QED) is 0.716. The SMILES string of the molecule is COC(=O)[C@@H]1CCCCN1CC(=O)N1c2ccccc2SC[C@@H]1c1ccccc1. The Labute approximate surface area is 176 Å². The molecule has 29 heavy (non-hydrogen) atoms. The Morgan fingerprint density at radius 3 is 2.62 bits per heavy atom. The zero-order valence-electron chi connectivity index (χ0n) is 16.6. The Morgan fingerprint density at radius 2 is 1.83 bits per heavy atom. The fourth-order valence-electron chi connectivity index (χ4n) is 4.25. The molecule has 2 aliphatic rings. The molecule has 0 aromatic heterocycles. The summed E-state index contributed by atoms with van der Waals surface area (Å²) in [4.78, 5) is 30.9. The third kappa shape index (κ3) is 4.19. The van der Waals surface area contributed by atoms with Crippen LogP contribution in [-0.4, -0.2) is 48.8 Å². The molecule has 0 N–H and O–H groups in total. The first-order chi connectivity index (χ1) is 14.2. The second-order valence-corrected chi connectivity index (χ2v) is 8.54. The van der Waals surface area contributed by atoms with Gasteiger partial charge >= 0.3 is 5.97 Å². The van der Waals surface area contributed by atoms with Gasteiger partial charge in [0.1, 0.15) is 6.04 Å². The fraction of sp³-hybridized carbons (Fsp3) is 0.391. The average Bonchev–Trinajstić information content (AvgIpc) is 2.78. The van der Waals surface area contributed by atoms with Gasteiger partial charge in [0.25, 0.3) is 0 Å². The Morgan fingerprint density at radius 1 is 1.07 bits per heavy atom. The number of nitrogens with zero attached hydrogens (tertiary/aromatic N) is 2. The number of likely N-dealkylation sites (tertiary alicyclic amines) is 1. The van der Waals surface area contributed by atoms with Gasteiger partial charge in [-0.05, 0) is 37.1 Å². The molecule has 0 unspecified atom stereocenters. The van der Waals surface area contributed by atoms with Gasteiger partial charge in [-0.2, -0.15) is 0 Å². The third-order valence-corrected chi connectivity index (χ3v) is 6.85. The molecule has 2 aromatic rings. The second kappa shape index (κ2) is 9.01. The summed E-state index contributed by atoms with van der Waals surface area (Å²) in [6.45, 7) is 0.966. The van der Waals surface area contributed by atoms with Crippen LogP contribution in [0.25, 0.3) is 0 Å². The van der Waals surface area contributed by atoms with Crippen molar-refractivity contribution in [3.05, 3.63) is 60.2 Å². The number of carbonyl (C=O) groups excluding carboxylic acids is 2. The maximum atomic E-state index is 13.6. The maximum absolute atomic E-state index is 13.6. The summed E-state index contributed by atoms with van der Waals surface area (Å²) in [5.41, 5.74) is 2.08. The van der Waals surface area contributed by atoms with E-state index in [9.17, 15) is 9.59 Å².